The number of anilines is 1. The Kier molecular flexibility index (Phi) is 6.21. The Morgan fingerprint density at radius 2 is 1.79 bits per heavy atom. The van der Waals surface area contributed by atoms with Crippen LogP contribution in [0.5, 0.6) is 0 Å². The number of thioether (sulfide) groups is 1. The Balaban J connectivity index is 1.23. The van der Waals surface area contributed by atoms with Crippen LogP contribution in [-0.4, -0.2) is 28.5 Å². The molecule has 2 aliphatic rings. The number of hydrogen-bond acceptors (Lipinski definition) is 6. The molecule has 1 aliphatic carbocycles. The summed E-state index contributed by atoms with van der Waals surface area (Å²) in [6.07, 6.45) is 3.64. The summed E-state index contributed by atoms with van der Waals surface area (Å²) in [6.45, 7) is 2.54. The molecule has 2 atom stereocenters. The SMILES string of the molecule is Cc1ccc(CNC(=O)CSc2nc3ccc(N4C(=O)[C@@H]5CCCC[C@H]5C4=O)cc3s2)cc1. The van der Waals surface area contributed by atoms with Crippen molar-refractivity contribution < 1.29 is 14.4 Å². The molecule has 2 aromatic carbocycles. The number of nitrogens with zero attached hydrogens (tertiary/aromatic N) is 2. The fourth-order valence-electron chi connectivity index (χ4n) is 4.59. The van der Waals surface area contributed by atoms with Crippen molar-refractivity contribution >= 4 is 56.7 Å². The fourth-order valence-corrected chi connectivity index (χ4v) is 6.53. The van der Waals surface area contributed by atoms with Crippen LogP contribution in [0.1, 0.15) is 36.8 Å². The molecule has 0 bridgehead atoms. The van der Waals surface area contributed by atoms with Crippen LogP contribution in [0.15, 0.2) is 46.8 Å². The number of carbonyl (C=O) groups excluding carboxylic acids is 3. The van der Waals surface area contributed by atoms with Gasteiger partial charge in [-0.2, -0.15) is 0 Å². The number of aryl methyl sites for hydroxylation is 1. The maximum absolute atomic E-state index is 12.9. The quantitative estimate of drug-likeness (QED) is 0.410. The predicted molar refractivity (Wildman–Crippen MR) is 131 cm³/mol. The lowest BCUT2D eigenvalue weighted by atomic mass is 9.81. The molecule has 5 rings (SSSR count). The Bertz CT molecular complexity index is 1200. The highest BCUT2D eigenvalue weighted by Crippen LogP contribution is 2.41. The zero-order valence-electron chi connectivity index (χ0n) is 18.4. The van der Waals surface area contributed by atoms with Crippen LogP contribution >= 0.6 is 23.1 Å². The van der Waals surface area contributed by atoms with Gasteiger partial charge in [-0.15, -0.1) is 11.3 Å². The summed E-state index contributed by atoms with van der Waals surface area (Å²) in [5, 5.41) is 2.94. The molecule has 2 heterocycles. The molecule has 1 saturated carbocycles. The first-order valence-corrected chi connectivity index (χ1v) is 13.0. The van der Waals surface area contributed by atoms with Crippen molar-refractivity contribution in [3.8, 4) is 0 Å². The molecule has 0 unspecified atom stereocenters. The summed E-state index contributed by atoms with van der Waals surface area (Å²) in [7, 11) is 0. The number of carbonyl (C=O) groups is 3. The first kappa shape index (κ1) is 22.1. The molecular weight excluding hydrogens is 454 g/mol. The first-order valence-electron chi connectivity index (χ1n) is 11.2. The van der Waals surface area contributed by atoms with Crippen molar-refractivity contribution in [1.82, 2.24) is 10.3 Å². The second kappa shape index (κ2) is 9.27. The number of fused-ring (bicyclic) bond motifs is 2. The maximum Gasteiger partial charge on any atom is 0.237 e. The van der Waals surface area contributed by atoms with Gasteiger partial charge in [-0.1, -0.05) is 54.4 Å². The molecule has 170 valence electrons. The van der Waals surface area contributed by atoms with E-state index >= 15 is 0 Å². The van der Waals surface area contributed by atoms with E-state index in [4.69, 9.17) is 0 Å². The van der Waals surface area contributed by atoms with Gasteiger partial charge < -0.3 is 5.32 Å². The Morgan fingerprint density at radius 3 is 2.48 bits per heavy atom. The van der Waals surface area contributed by atoms with Gasteiger partial charge in [-0.05, 0) is 43.5 Å². The molecule has 0 radical (unpaired) electrons. The van der Waals surface area contributed by atoms with Crippen molar-refractivity contribution in [2.45, 2.75) is 43.5 Å². The maximum atomic E-state index is 12.9. The second-order valence-electron chi connectivity index (χ2n) is 8.69. The Hall–Kier alpha value is -2.71. The number of nitrogens with one attached hydrogen (secondary N) is 1. The molecule has 33 heavy (non-hydrogen) atoms. The summed E-state index contributed by atoms with van der Waals surface area (Å²) in [5.41, 5.74) is 3.69. The lowest BCUT2D eigenvalue weighted by Crippen LogP contribution is -2.30. The molecule has 3 amide bonds. The largest absolute Gasteiger partial charge is 0.351 e. The molecule has 3 aromatic rings. The normalized spacial score (nSPS) is 20.3. The van der Waals surface area contributed by atoms with Crippen LogP contribution in [0, 0.1) is 18.8 Å². The van der Waals surface area contributed by atoms with Crippen LogP contribution < -0.4 is 10.2 Å². The molecule has 1 saturated heterocycles. The topological polar surface area (TPSA) is 79.4 Å². The number of benzene rings is 2. The number of amides is 3. The van der Waals surface area contributed by atoms with Gasteiger partial charge in [0.2, 0.25) is 17.7 Å². The third-order valence-corrected chi connectivity index (χ3v) is 8.55. The standard InChI is InChI=1S/C25H25N3O3S2/c1-15-6-8-16(9-7-15)13-26-22(29)14-32-25-27-20-11-10-17(12-21(20)33-25)28-23(30)18-4-2-3-5-19(18)24(28)31/h6-12,18-19H,2-5,13-14H2,1H3,(H,26,29)/t18-,19-/m1/s1. The number of imide groups is 1. The monoisotopic (exact) mass is 479 g/mol. The number of hydrogen-bond donors (Lipinski definition) is 1. The minimum absolute atomic E-state index is 0.0450. The van der Waals surface area contributed by atoms with Gasteiger partial charge in [0, 0.05) is 6.54 Å². The van der Waals surface area contributed by atoms with Crippen molar-refractivity contribution in [3.05, 3.63) is 53.6 Å². The van der Waals surface area contributed by atoms with Crippen LogP contribution in [0.4, 0.5) is 5.69 Å². The molecule has 1 aromatic heterocycles. The number of aromatic nitrogens is 1. The third-order valence-electron chi connectivity index (χ3n) is 6.39. The summed E-state index contributed by atoms with van der Waals surface area (Å²) in [4.78, 5) is 44.0. The van der Waals surface area contributed by atoms with Crippen LogP contribution in [0.2, 0.25) is 0 Å². The van der Waals surface area contributed by atoms with Crippen molar-refractivity contribution in [2.24, 2.45) is 11.8 Å². The predicted octanol–water partition coefficient (Wildman–Crippen LogP) is 4.69. The lowest BCUT2D eigenvalue weighted by molar-refractivity contribution is -0.122. The van der Waals surface area contributed by atoms with E-state index in [1.807, 2.05) is 43.3 Å². The van der Waals surface area contributed by atoms with Crippen molar-refractivity contribution in [1.29, 1.82) is 0 Å². The molecule has 8 heteroatoms. The van der Waals surface area contributed by atoms with Gasteiger partial charge in [0.25, 0.3) is 0 Å². The zero-order chi connectivity index (χ0) is 22.9. The van der Waals surface area contributed by atoms with E-state index in [0.29, 0.717) is 12.2 Å². The summed E-state index contributed by atoms with van der Waals surface area (Å²) >= 11 is 2.87. The minimum Gasteiger partial charge on any atom is -0.351 e. The van der Waals surface area contributed by atoms with E-state index in [1.165, 1.54) is 33.6 Å². The highest BCUT2D eigenvalue weighted by Gasteiger charge is 2.48. The Morgan fingerprint density at radius 1 is 1.09 bits per heavy atom. The molecule has 1 aliphatic heterocycles. The minimum atomic E-state index is -0.159. The van der Waals surface area contributed by atoms with E-state index in [1.54, 1.807) is 6.07 Å². The van der Waals surface area contributed by atoms with E-state index in [-0.39, 0.29) is 35.3 Å². The van der Waals surface area contributed by atoms with Gasteiger partial charge in [0.1, 0.15) is 0 Å². The van der Waals surface area contributed by atoms with E-state index in [0.717, 1.165) is 45.8 Å². The molecule has 0 spiro atoms. The van der Waals surface area contributed by atoms with E-state index < -0.39 is 0 Å². The highest BCUT2D eigenvalue weighted by molar-refractivity contribution is 8.01. The second-order valence-corrected chi connectivity index (χ2v) is 10.9. The average Bonchev–Trinajstić information content (AvgIpc) is 3.35. The van der Waals surface area contributed by atoms with Gasteiger partial charge in [-0.3, -0.25) is 19.3 Å². The third kappa shape index (κ3) is 4.54. The molecule has 1 N–H and O–H groups in total. The van der Waals surface area contributed by atoms with Crippen molar-refractivity contribution in [3.63, 3.8) is 0 Å². The van der Waals surface area contributed by atoms with Gasteiger partial charge in [0.15, 0.2) is 4.34 Å². The first-order chi connectivity index (χ1) is 16.0. The Labute approximate surface area is 200 Å². The van der Waals surface area contributed by atoms with E-state index in [2.05, 4.69) is 10.3 Å². The lowest BCUT2D eigenvalue weighted by Gasteiger charge is -2.19. The summed E-state index contributed by atoms with van der Waals surface area (Å²) in [5.74, 6) is -0.204. The molecular formula is C25H25N3O3S2. The van der Waals surface area contributed by atoms with Crippen LogP contribution in [0.25, 0.3) is 10.2 Å². The summed E-state index contributed by atoms with van der Waals surface area (Å²) in [6, 6.07) is 13.6. The fraction of sp³-hybridized carbons (Fsp3) is 0.360. The molecule has 6 nitrogen and oxygen atoms in total. The zero-order valence-corrected chi connectivity index (χ0v) is 20.0. The van der Waals surface area contributed by atoms with Gasteiger partial charge in [0.05, 0.1) is 33.5 Å². The molecule has 2 fully saturated rings. The summed E-state index contributed by atoms with van der Waals surface area (Å²) < 4.78 is 1.70. The number of thiazole rings is 1. The van der Waals surface area contributed by atoms with E-state index in [9.17, 15) is 14.4 Å². The smallest absolute Gasteiger partial charge is 0.237 e. The highest BCUT2D eigenvalue weighted by atomic mass is 32.2. The average molecular weight is 480 g/mol. The van der Waals surface area contributed by atoms with Crippen LogP contribution in [0.3, 0.4) is 0 Å². The number of rotatable bonds is 6. The van der Waals surface area contributed by atoms with Crippen LogP contribution in [-0.2, 0) is 20.9 Å². The van der Waals surface area contributed by atoms with Crippen molar-refractivity contribution in [2.75, 3.05) is 10.7 Å². The van der Waals surface area contributed by atoms with Gasteiger partial charge in [-0.25, -0.2) is 4.98 Å². The van der Waals surface area contributed by atoms with Gasteiger partial charge >= 0.3 is 0 Å².